The van der Waals surface area contributed by atoms with Crippen molar-refractivity contribution in [2.75, 3.05) is 45.8 Å². The van der Waals surface area contributed by atoms with Crippen LogP contribution in [0.15, 0.2) is 36.5 Å². The van der Waals surface area contributed by atoms with Gasteiger partial charge in [-0.25, -0.2) is 0 Å². The van der Waals surface area contributed by atoms with Gasteiger partial charge in [-0.1, -0.05) is 32.0 Å². The third-order valence-corrected chi connectivity index (χ3v) is 6.12. The second-order valence-electron chi connectivity index (χ2n) is 8.69. The maximum absolute atomic E-state index is 13.1. The molecule has 0 N–H and O–H groups in total. The van der Waals surface area contributed by atoms with Gasteiger partial charge in [0.1, 0.15) is 0 Å². The second kappa shape index (κ2) is 8.49. The molecule has 2 unspecified atom stereocenters. The minimum atomic E-state index is 0.0493. The summed E-state index contributed by atoms with van der Waals surface area (Å²) in [7, 11) is 0. The molecule has 1 aromatic heterocycles. The van der Waals surface area contributed by atoms with Crippen molar-refractivity contribution in [2.45, 2.75) is 20.3 Å². The Labute approximate surface area is 172 Å². The number of nitrogens with zero attached hydrogens (tertiary/aromatic N) is 4. The first kappa shape index (κ1) is 19.8. The first-order valence-electron chi connectivity index (χ1n) is 10.6. The van der Waals surface area contributed by atoms with E-state index in [4.69, 9.17) is 0 Å². The van der Waals surface area contributed by atoms with Crippen LogP contribution in [0.4, 0.5) is 0 Å². The van der Waals surface area contributed by atoms with Crippen molar-refractivity contribution in [3.8, 4) is 0 Å². The number of likely N-dealkylation sites (tertiary alicyclic amines) is 1. The van der Waals surface area contributed by atoms with E-state index in [-0.39, 0.29) is 11.8 Å². The quantitative estimate of drug-likeness (QED) is 0.803. The minimum Gasteiger partial charge on any atom is -0.341 e. The average molecular weight is 395 g/mol. The number of hydrogen-bond donors (Lipinski definition) is 0. The van der Waals surface area contributed by atoms with Gasteiger partial charge >= 0.3 is 0 Å². The molecule has 6 heteroatoms. The van der Waals surface area contributed by atoms with E-state index in [1.54, 1.807) is 12.3 Å². The number of amides is 2. The Balaban J connectivity index is 1.34. The lowest BCUT2D eigenvalue weighted by Gasteiger charge is -2.38. The molecule has 2 fully saturated rings. The summed E-state index contributed by atoms with van der Waals surface area (Å²) in [4.78, 5) is 36.3. The first-order valence-corrected chi connectivity index (χ1v) is 10.6. The van der Waals surface area contributed by atoms with Gasteiger partial charge in [-0.05, 0) is 30.4 Å². The summed E-state index contributed by atoms with van der Waals surface area (Å²) < 4.78 is 0. The molecular formula is C23H30N4O2. The molecule has 0 radical (unpaired) electrons. The molecule has 2 aliphatic heterocycles. The third-order valence-electron chi connectivity index (χ3n) is 6.12. The number of aromatic nitrogens is 1. The maximum Gasteiger partial charge on any atom is 0.254 e. The normalized spacial score (nSPS) is 23.4. The van der Waals surface area contributed by atoms with Crippen LogP contribution in [-0.2, 0) is 4.79 Å². The van der Waals surface area contributed by atoms with Crippen LogP contribution in [0.3, 0.4) is 0 Å². The number of hydrogen-bond acceptors (Lipinski definition) is 4. The van der Waals surface area contributed by atoms with Gasteiger partial charge in [0.15, 0.2) is 0 Å². The number of rotatable bonds is 3. The summed E-state index contributed by atoms with van der Waals surface area (Å²) >= 11 is 0. The second-order valence-corrected chi connectivity index (χ2v) is 8.69. The Kier molecular flexibility index (Phi) is 5.81. The molecule has 0 spiro atoms. The molecule has 1 aromatic carbocycles. The van der Waals surface area contributed by atoms with Gasteiger partial charge in [-0.3, -0.25) is 19.5 Å². The highest BCUT2D eigenvalue weighted by molar-refractivity contribution is 6.06. The van der Waals surface area contributed by atoms with Crippen LogP contribution in [-0.4, -0.2) is 77.3 Å². The Morgan fingerprint density at radius 1 is 0.966 bits per heavy atom. The van der Waals surface area contributed by atoms with E-state index >= 15 is 0 Å². The van der Waals surface area contributed by atoms with Crippen LogP contribution < -0.4 is 0 Å². The summed E-state index contributed by atoms with van der Waals surface area (Å²) in [6.45, 7) is 9.42. The van der Waals surface area contributed by atoms with Gasteiger partial charge in [0, 0.05) is 50.9 Å². The number of piperidine rings is 1. The molecule has 3 heterocycles. The van der Waals surface area contributed by atoms with Crippen molar-refractivity contribution in [3.05, 3.63) is 42.1 Å². The van der Waals surface area contributed by atoms with Crippen molar-refractivity contribution in [1.82, 2.24) is 19.7 Å². The van der Waals surface area contributed by atoms with Crippen LogP contribution in [0.25, 0.3) is 10.9 Å². The summed E-state index contributed by atoms with van der Waals surface area (Å²) in [6.07, 6.45) is 2.90. The molecule has 0 bridgehead atoms. The van der Waals surface area contributed by atoms with Crippen LogP contribution >= 0.6 is 0 Å². The Morgan fingerprint density at radius 2 is 1.66 bits per heavy atom. The van der Waals surface area contributed by atoms with Crippen LogP contribution in [0.2, 0.25) is 0 Å². The zero-order chi connectivity index (χ0) is 20.4. The average Bonchev–Trinajstić information content (AvgIpc) is 2.72. The molecule has 6 nitrogen and oxygen atoms in total. The summed E-state index contributed by atoms with van der Waals surface area (Å²) in [6, 6.07) is 9.55. The van der Waals surface area contributed by atoms with E-state index in [0.717, 1.165) is 37.1 Å². The maximum atomic E-state index is 13.1. The highest BCUT2D eigenvalue weighted by atomic mass is 16.2. The lowest BCUT2D eigenvalue weighted by Crippen LogP contribution is -2.53. The van der Waals surface area contributed by atoms with Gasteiger partial charge in [0.05, 0.1) is 17.6 Å². The smallest absolute Gasteiger partial charge is 0.254 e. The molecule has 2 saturated heterocycles. The van der Waals surface area contributed by atoms with Gasteiger partial charge in [0.2, 0.25) is 5.91 Å². The number of pyridine rings is 1. The Hall–Kier alpha value is -2.47. The van der Waals surface area contributed by atoms with E-state index in [9.17, 15) is 9.59 Å². The Bertz CT molecular complexity index is 876. The molecule has 2 aromatic rings. The van der Waals surface area contributed by atoms with Crippen molar-refractivity contribution in [2.24, 2.45) is 11.8 Å². The molecule has 0 saturated carbocycles. The molecule has 4 rings (SSSR count). The highest BCUT2D eigenvalue weighted by Crippen LogP contribution is 2.22. The molecule has 2 aliphatic rings. The predicted molar refractivity (Wildman–Crippen MR) is 114 cm³/mol. The molecular weight excluding hydrogens is 364 g/mol. The predicted octanol–water partition coefficient (Wildman–Crippen LogP) is 2.50. The van der Waals surface area contributed by atoms with Crippen molar-refractivity contribution in [3.63, 3.8) is 0 Å². The summed E-state index contributed by atoms with van der Waals surface area (Å²) in [5.41, 5.74) is 1.55. The van der Waals surface area contributed by atoms with E-state index in [1.165, 1.54) is 6.42 Å². The Morgan fingerprint density at radius 3 is 2.38 bits per heavy atom. The van der Waals surface area contributed by atoms with Crippen LogP contribution in [0.5, 0.6) is 0 Å². The van der Waals surface area contributed by atoms with Crippen molar-refractivity contribution in [1.29, 1.82) is 0 Å². The van der Waals surface area contributed by atoms with E-state index in [1.807, 2.05) is 34.1 Å². The largest absolute Gasteiger partial charge is 0.341 e. The van der Waals surface area contributed by atoms with Crippen LogP contribution in [0, 0.1) is 11.8 Å². The number of carbonyl (C=O) groups excluding carboxylic acids is 2. The van der Waals surface area contributed by atoms with Crippen molar-refractivity contribution < 1.29 is 9.59 Å². The van der Waals surface area contributed by atoms with E-state index in [0.29, 0.717) is 37.0 Å². The minimum absolute atomic E-state index is 0.0493. The first-order chi connectivity index (χ1) is 14.0. The zero-order valence-electron chi connectivity index (χ0n) is 17.4. The van der Waals surface area contributed by atoms with E-state index < -0.39 is 0 Å². The number of carbonyl (C=O) groups is 2. The number of fused-ring (bicyclic) bond motifs is 1. The number of benzene rings is 1. The molecule has 0 aliphatic carbocycles. The zero-order valence-corrected chi connectivity index (χ0v) is 17.4. The third kappa shape index (κ3) is 4.42. The summed E-state index contributed by atoms with van der Waals surface area (Å²) in [5.74, 6) is 1.43. The van der Waals surface area contributed by atoms with Crippen LogP contribution in [0.1, 0.15) is 30.6 Å². The SMILES string of the molecule is CC1CC(C)CN(C(=O)CN2CCN(C(=O)c3ccnc4ccccc34)CC2)C1. The fourth-order valence-corrected chi connectivity index (χ4v) is 4.72. The van der Waals surface area contributed by atoms with Gasteiger partial charge < -0.3 is 9.80 Å². The monoisotopic (exact) mass is 394 g/mol. The van der Waals surface area contributed by atoms with Crippen molar-refractivity contribution >= 4 is 22.7 Å². The highest BCUT2D eigenvalue weighted by Gasteiger charge is 2.28. The molecule has 154 valence electrons. The molecule has 29 heavy (non-hydrogen) atoms. The van der Waals surface area contributed by atoms with E-state index in [2.05, 4.69) is 23.7 Å². The topological polar surface area (TPSA) is 56.8 Å². The lowest BCUT2D eigenvalue weighted by molar-refractivity contribution is -0.135. The van der Waals surface area contributed by atoms with Gasteiger partial charge in [-0.15, -0.1) is 0 Å². The van der Waals surface area contributed by atoms with Gasteiger partial charge in [-0.2, -0.15) is 0 Å². The molecule has 2 amide bonds. The molecule has 2 atom stereocenters. The van der Waals surface area contributed by atoms with Gasteiger partial charge in [0.25, 0.3) is 5.91 Å². The fourth-order valence-electron chi connectivity index (χ4n) is 4.72. The summed E-state index contributed by atoms with van der Waals surface area (Å²) in [5, 5.41) is 0.894. The number of para-hydroxylation sites is 1. The standard InChI is InChI=1S/C23H30N4O2/c1-17-13-18(2)15-27(14-17)22(28)16-25-9-11-26(12-10-25)23(29)20-7-8-24-21-6-4-3-5-19(20)21/h3-8,17-18H,9-16H2,1-2H3. The fraction of sp³-hybridized carbons (Fsp3) is 0.522. The lowest BCUT2D eigenvalue weighted by atomic mass is 9.92. The number of piperazine rings is 1.